The third-order valence-electron chi connectivity index (χ3n) is 4.01. The number of halogens is 2. The molecule has 1 aliphatic heterocycles. The summed E-state index contributed by atoms with van der Waals surface area (Å²) in [7, 11) is 1.45. The molecule has 0 spiro atoms. The van der Waals surface area contributed by atoms with Gasteiger partial charge in [0.1, 0.15) is 18.0 Å². The van der Waals surface area contributed by atoms with Gasteiger partial charge in [0.2, 0.25) is 0 Å². The van der Waals surface area contributed by atoms with E-state index in [2.05, 4.69) is 0 Å². The minimum Gasteiger partial charge on any atom is -0.493 e. The van der Waals surface area contributed by atoms with Crippen LogP contribution in [0.2, 0.25) is 5.02 Å². The summed E-state index contributed by atoms with van der Waals surface area (Å²) in [4.78, 5) is 24.1. The molecule has 152 valence electrons. The predicted octanol–water partition coefficient (Wildman–Crippen LogP) is 4.29. The first-order valence-corrected chi connectivity index (χ1v) is 8.99. The number of methoxy groups -OCH3 is 1. The van der Waals surface area contributed by atoms with Gasteiger partial charge in [-0.15, -0.1) is 0 Å². The molecule has 3 rings (SSSR count). The Labute approximate surface area is 171 Å². The highest BCUT2D eigenvalue weighted by atomic mass is 35.5. The topological polar surface area (TPSA) is 71.1 Å². The number of benzene rings is 2. The van der Waals surface area contributed by atoms with Gasteiger partial charge in [-0.1, -0.05) is 23.7 Å². The SMILES string of the molecule is COc1cc(C=C2C(=O)OC(C)(C)OC2=O)ccc1OCc1ccc(F)cc1Cl. The van der Waals surface area contributed by atoms with Crippen molar-refractivity contribution in [2.24, 2.45) is 0 Å². The number of cyclic esters (lactones) is 2. The van der Waals surface area contributed by atoms with Gasteiger partial charge in [0.25, 0.3) is 5.79 Å². The van der Waals surface area contributed by atoms with E-state index in [-0.39, 0.29) is 17.2 Å². The Morgan fingerprint density at radius 2 is 1.76 bits per heavy atom. The Morgan fingerprint density at radius 1 is 1.07 bits per heavy atom. The molecule has 8 heteroatoms. The van der Waals surface area contributed by atoms with Crippen molar-refractivity contribution >= 4 is 29.6 Å². The lowest BCUT2D eigenvalue weighted by atomic mass is 10.1. The van der Waals surface area contributed by atoms with Gasteiger partial charge in [0.05, 0.1) is 12.1 Å². The molecule has 1 saturated heterocycles. The average Bonchev–Trinajstić information content (AvgIpc) is 2.63. The van der Waals surface area contributed by atoms with Crippen LogP contribution < -0.4 is 9.47 Å². The lowest BCUT2D eigenvalue weighted by Crippen LogP contribution is -2.41. The van der Waals surface area contributed by atoms with Crippen LogP contribution in [0.3, 0.4) is 0 Å². The number of hydrogen-bond donors (Lipinski definition) is 0. The van der Waals surface area contributed by atoms with E-state index >= 15 is 0 Å². The molecule has 0 N–H and O–H groups in total. The van der Waals surface area contributed by atoms with E-state index in [9.17, 15) is 14.0 Å². The van der Waals surface area contributed by atoms with Crippen LogP contribution in [0.15, 0.2) is 42.0 Å². The number of hydrogen-bond acceptors (Lipinski definition) is 6. The van der Waals surface area contributed by atoms with Crippen LogP contribution >= 0.6 is 11.6 Å². The molecule has 29 heavy (non-hydrogen) atoms. The van der Waals surface area contributed by atoms with Gasteiger partial charge in [-0.05, 0) is 35.9 Å². The lowest BCUT2D eigenvalue weighted by Gasteiger charge is -2.29. The Hall–Kier alpha value is -3.06. The molecular formula is C21H18ClFO6. The first kappa shape index (κ1) is 20.7. The second-order valence-corrected chi connectivity index (χ2v) is 7.08. The largest absolute Gasteiger partial charge is 0.493 e. The number of ether oxygens (including phenoxy) is 4. The highest BCUT2D eigenvalue weighted by molar-refractivity contribution is 6.31. The van der Waals surface area contributed by atoms with Gasteiger partial charge in [0.15, 0.2) is 11.5 Å². The van der Waals surface area contributed by atoms with Gasteiger partial charge >= 0.3 is 11.9 Å². The van der Waals surface area contributed by atoms with Crippen molar-refractivity contribution < 1.29 is 32.9 Å². The van der Waals surface area contributed by atoms with Gasteiger partial charge in [-0.25, -0.2) is 14.0 Å². The number of esters is 2. The highest BCUT2D eigenvalue weighted by Crippen LogP contribution is 2.31. The molecule has 2 aromatic rings. The quantitative estimate of drug-likeness (QED) is 0.408. The fourth-order valence-corrected chi connectivity index (χ4v) is 2.85. The summed E-state index contributed by atoms with van der Waals surface area (Å²) >= 11 is 6.00. The first-order chi connectivity index (χ1) is 13.7. The van der Waals surface area contributed by atoms with Crippen molar-refractivity contribution in [2.75, 3.05) is 7.11 Å². The minimum absolute atomic E-state index is 0.101. The summed E-state index contributed by atoms with van der Waals surface area (Å²) in [5.74, 6) is -2.49. The van der Waals surface area contributed by atoms with Crippen LogP contribution in [-0.4, -0.2) is 24.8 Å². The lowest BCUT2D eigenvalue weighted by molar-refractivity contribution is -0.222. The van der Waals surface area contributed by atoms with Crippen LogP contribution in [0.5, 0.6) is 11.5 Å². The number of carbonyl (C=O) groups excluding carboxylic acids is 2. The molecule has 1 heterocycles. The van der Waals surface area contributed by atoms with Crippen LogP contribution in [-0.2, 0) is 25.7 Å². The minimum atomic E-state index is -1.30. The molecule has 0 bridgehead atoms. The summed E-state index contributed by atoms with van der Waals surface area (Å²) in [5.41, 5.74) is 0.896. The zero-order chi connectivity index (χ0) is 21.2. The Morgan fingerprint density at radius 3 is 2.38 bits per heavy atom. The molecule has 0 aromatic heterocycles. The maximum atomic E-state index is 13.1. The van der Waals surface area contributed by atoms with E-state index in [1.807, 2.05) is 0 Å². The predicted molar refractivity (Wildman–Crippen MR) is 103 cm³/mol. The molecule has 0 amide bonds. The van der Waals surface area contributed by atoms with E-state index in [1.54, 1.807) is 18.2 Å². The fourth-order valence-electron chi connectivity index (χ4n) is 2.63. The molecule has 0 aliphatic carbocycles. The zero-order valence-electron chi connectivity index (χ0n) is 16.0. The van der Waals surface area contributed by atoms with Crippen LogP contribution in [0.1, 0.15) is 25.0 Å². The zero-order valence-corrected chi connectivity index (χ0v) is 16.7. The van der Waals surface area contributed by atoms with E-state index in [4.69, 9.17) is 30.5 Å². The molecule has 0 atom stereocenters. The third-order valence-corrected chi connectivity index (χ3v) is 4.37. The van der Waals surface area contributed by atoms with Crippen LogP contribution in [0, 0.1) is 5.82 Å². The van der Waals surface area contributed by atoms with Crippen molar-refractivity contribution in [3.63, 3.8) is 0 Å². The summed E-state index contributed by atoms with van der Waals surface area (Å²) in [6.45, 7) is 3.05. The average molecular weight is 421 g/mol. The molecule has 1 fully saturated rings. The maximum absolute atomic E-state index is 13.1. The molecular weight excluding hydrogens is 403 g/mol. The molecule has 0 unspecified atom stereocenters. The molecule has 0 radical (unpaired) electrons. The Bertz CT molecular complexity index is 977. The summed E-state index contributed by atoms with van der Waals surface area (Å²) in [6, 6.07) is 8.88. The maximum Gasteiger partial charge on any atom is 0.348 e. The van der Waals surface area contributed by atoms with E-state index < -0.39 is 23.5 Å². The normalized spacial score (nSPS) is 15.4. The van der Waals surface area contributed by atoms with Crippen LogP contribution in [0.4, 0.5) is 4.39 Å². The van der Waals surface area contributed by atoms with Gasteiger partial charge < -0.3 is 18.9 Å². The number of rotatable bonds is 5. The van der Waals surface area contributed by atoms with Crippen molar-refractivity contribution in [1.29, 1.82) is 0 Å². The second kappa shape index (κ2) is 8.13. The van der Waals surface area contributed by atoms with E-state index in [0.29, 0.717) is 22.6 Å². The third kappa shape index (κ3) is 4.86. The van der Waals surface area contributed by atoms with Crippen molar-refractivity contribution in [3.8, 4) is 11.5 Å². The van der Waals surface area contributed by atoms with Crippen molar-refractivity contribution in [1.82, 2.24) is 0 Å². The van der Waals surface area contributed by atoms with Crippen molar-refractivity contribution in [3.05, 3.63) is 63.9 Å². The highest BCUT2D eigenvalue weighted by Gasteiger charge is 2.38. The van der Waals surface area contributed by atoms with E-state index in [0.717, 1.165) is 0 Å². The molecule has 0 saturated carbocycles. The van der Waals surface area contributed by atoms with Crippen LogP contribution in [0.25, 0.3) is 6.08 Å². The monoisotopic (exact) mass is 420 g/mol. The Balaban J connectivity index is 1.80. The molecule has 1 aliphatic rings. The summed E-state index contributed by atoms with van der Waals surface area (Å²) in [6.07, 6.45) is 1.35. The smallest absolute Gasteiger partial charge is 0.348 e. The van der Waals surface area contributed by atoms with Gasteiger partial charge in [-0.2, -0.15) is 0 Å². The molecule has 2 aromatic carbocycles. The van der Waals surface area contributed by atoms with Crippen molar-refractivity contribution in [2.45, 2.75) is 26.2 Å². The first-order valence-electron chi connectivity index (χ1n) is 8.61. The summed E-state index contributed by atoms with van der Waals surface area (Å²) in [5, 5.41) is 0.252. The summed E-state index contributed by atoms with van der Waals surface area (Å²) < 4.78 is 34.3. The standard InChI is InChI=1S/C21H18ClFO6/c1-21(2)28-19(24)15(20(25)29-21)8-12-4-7-17(18(9-12)26-3)27-11-13-5-6-14(23)10-16(13)22/h4-10H,11H2,1-3H3. The number of carbonyl (C=O) groups is 2. The second-order valence-electron chi connectivity index (χ2n) is 6.67. The fraction of sp³-hybridized carbons (Fsp3) is 0.238. The molecule has 6 nitrogen and oxygen atoms in total. The van der Waals surface area contributed by atoms with Gasteiger partial charge in [-0.3, -0.25) is 0 Å². The van der Waals surface area contributed by atoms with E-state index in [1.165, 1.54) is 45.2 Å². The Kier molecular flexibility index (Phi) is 5.79. The van der Waals surface area contributed by atoms with Gasteiger partial charge in [0, 0.05) is 19.4 Å².